The van der Waals surface area contributed by atoms with Crippen LogP contribution in [0.1, 0.15) is 35.8 Å². The molecule has 11 heteroatoms. The minimum atomic E-state index is -0.424. The van der Waals surface area contributed by atoms with Crippen molar-refractivity contribution in [1.82, 2.24) is 19.5 Å². The van der Waals surface area contributed by atoms with Gasteiger partial charge in [0, 0.05) is 44.0 Å². The van der Waals surface area contributed by atoms with Crippen LogP contribution >= 0.6 is 11.6 Å². The topological polar surface area (TPSA) is 116 Å². The summed E-state index contributed by atoms with van der Waals surface area (Å²) in [6, 6.07) is 11.0. The van der Waals surface area contributed by atoms with Crippen molar-refractivity contribution < 1.29 is 13.9 Å². The number of anilines is 2. The van der Waals surface area contributed by atoms with Crippen LogP contribution in [0.4, 0.5) is 11.6 Å². The van der Waals surface area contributed by atoms with Gasteiger partial charge in [0.05, 0.1) is 6.26 Å². The molecule has 1 atom stereocenters. The lowest BCUT2D eigenvalue weighted by atomic mass is 10.1. The van der Waals surface area contributed by atoms with E-state index in [1.807, 2.05) is 18.2 Å². The molecule has 5 heterocycles. The number of carbonyl (C=O) groups excluding carboxylic acids is 1. The van der Waals surface area contributed by atoms with Gasteiger partial charge in [0.1, 0.15) is 11.7 Å². The molecule has 10 nitrogen and oxygen atoms in total. The first-order valence-electron chi connectivity index (χ1n) is 12.1. The highest BCUT2D eigenvalue weighted by atomic mass is 35.5. The first kappa shape index (κ1) is 22.8. The van der Waals surface area contributed by atoms with Gasteiger partial charge in [-0.15, -0.1) is 0 Å². The van der Waals surface area contributed by atoms with Crippen LogP contribution in [0.3, 0.4) is 0 Å². The summed E-state index contributed by atoms with van der Waals surface area (Å²) < 4.78 is 13.8. The van der Waals surface area contributed by atoms with Gasteiger partial charge in [-0.2, -0.15) is 0 Å². The smallest absolute Gasteiger partial charge is 0.248 e. The summed E-state index contributed by atoms with van der Waals surface area (Å²) in [6.07, 6.45) is 4.41. The summed E-state index contributed by atoms with van der Waals surface area (Å²) in [6.45, 7) is 3.79. The van der Waals surface area contributed by atoms with Crippen LogP contribution < -0.4 is 15.5 Å². The molecule has 2 saturated heterocycles. The highest BCUT2D eigenvalue weighted by Crippen LogP contribution is 2.35. The zero-order chi connectivity index (χ0) is 24.6. The number of piperazine rings is 1. The highest BCUT2D eigenvalue weighted by Gasteiger charge is 2.30. The van der Waals surface area contributed by atoms with Crippen molar-refractivity contribution in [2.75, 3.05) is 42.6 Å². The molecule has 0 saturated carbocycles. The predicted molar refractivity (Wildman–Crippen MR) is 136 cm³/mol. The molecule has 1 unspecified atom stereocenters. The molecule has 2 N–H and O–H groups in total. The van der Waals surface area contributed by atoms with Crippen LogP contribution in [0.5, 0.6) is 0 Å². The number of nitrogens with zero attached hydrogens (tertiary/aromatic N) is 6. The van der Waals surface area contributed by atoms with E-state index in [2.05, 4.69) is 19.4 Å². The van der Waals surface area contributed by atoms with Crippen LogP contribution in [0, 0.1) is 0 Å². The molecule has 4 aromatic rings. The van der Waals surface area contributed by atoms with Gasteiger partial charge in [-0.3, -0.25) is 9.36 Å². The molecule has 0 bridgehead atoms. The monoisotopic (exact) mass is 507 g/mol. The van der Waals surface area contributed by atoms with E-state index < -0.39 is 5.91 Å². The molecule has 2 aliphatic heterocycles. The Morgan fingerprint density at radius 2 is 1.78 bits per heavy atom. The van der Waals surface area contributed by atoms with Crippen molar-refractivity contribution in [3.63, 3.8) is 0 Å². The van der Waals surface area contributed by atoms with Gasteiger partial charge >= 0.3 is 0 Å². The fourth-order valence-corrected chi connectivity index (χ4v) is 5.07. The molecule has 2 aliphatic rings. The second-order valence-electron chi connectivity index (χ2n) is 8.98. The predicted octanol–water partition coefficient (Wildman–Crippen LogP) is 3.86. The fourth-order valence-electron chi connectivity index (χ4n) is 4.86. The van der Waals surface area contributed by atoms with Gasteiger partial charge < -0.3 is 24.7 Å². The zero-order valence-corrected chi connectivity index (χ0v) is 20.4. The van der Waals surface area contributed by atoms with Crippen molar-refractivity contribution in [2.24, 2.45) is 5.73 Å². The average molecular weight is 508 g/mol. The second kappa shape index (κ2) is 9.44. The van der Waals surface area contributed by atoms with Crippen molar-refractivity contribution in [3.05, 3.63) is 53.4 Å². The molecule has 3 aromatic heterocycles. The number of rotatable bonds is 5. The van der Waals surface area contributed by atoms with Crippen molar-refractivity contribution >= 4 is 40.3 Å². The maximum atomic E-state index is 11.4. The number of hydrogen-bond donors (Lipinski definition) is 1. The highest BCUT2D eigenvalue weighted by molar-refractivity contribution is 6.33. The number of halogens is 1. The Morgan fingerprint density at radius 3 is 2.44 bits per heavy atom. The standard InChI is InChI=1S/C25H26ClN7O3/c26-21-20-24(30-23(29-21)18-4-3-15-35-18)33(19-5-1-2-14-36-19)25(28-20)32-12-10-31(11-13-32)17-8-6-16(7-9-17)22(27)34/h3-4,6-9,15,19H,1-2,5,10-14H2,(H2,27,34). The number of furan rings is 1. The summed E-state index contributed by atoms with van der Waals surface area (Å²) in [5, 5.41) is 0.287. The molecule has 36 heavy (non-hydrogen) atoms. The molecule has 2 fully saturated rings. The number of benzene rings is 1. The number of hydrogen-bond acceptors (Lipinski definition) is 8. The van der Waals surface area contributed by atoms with Gasteiger partial charge in [-0.1, -0.05) is 11.6 Å². The van der Waals surface area contributed by atoms with Crippen molar-refractivity contribution in [3.8, 4) is 11.6 Å². The van der Waals surface area contributed by atoms with Crippen LogP contribution in [0.25, 0.3) is 22.7 Å². The van der Waals surface area contributed by atoms with E-state index in [1.54, 1.807) is 24.5 Å². The normalized spacial score (nSPS) is 18.6. The van der Waals surface area contributed by atoms with E-state index in [0.717, 1.165) is 57.1 Å². The molecule has 1 aromatic carbocycles. The zero-order valence-electron chi connectivity index (χ0n) is 19.6. The van der Waals surface area contributed by atoms with E-state index in [1.165, 1.54) is 0 Å². The minimum Gasteiger partial charge on any atom is -0.461 e. The molecule has 186 valence electrons. The number of aromatic nitrogens is 4. The Morgan fingerprint density at radius 1 is 1.00 bits per heavy atom. The quantitative estimate of drug-likeness (QED) is 0.405. The Bertz CT molecular complexity index is 1370. The van der Waals surface area contributed by atoms with Crippen LogP contribution in [-0.4, -0.2) is 58.2 Å². The molecule has 0 aliphatic carbocycles. The van der Waals surface area contributed by atoms with E-state index in [9.17, 15) is 4.79 Å². The molecule has 1 amide bonds. The van der Waals surface area contributed by atoms with E-state index >= 15 is 0 Å². The number of imidazole rings is 1. The number of fused-ring (bicyclic) bond motifs is 1. The number of nitrogens with two attached hydrogens (primary N) is 1. The summed E-state index contributed by atoms with van der Waals surface area (Å²) in [5.74, 6) is 1.33. The second-order valence-corrected chi connectivity index (χ2v) is 9.33. The molecule has 0 radical (unpaired) electrons. The summed E-state index contributed by atoms with van der Waals surface area (Å²) in [5.41, 5.74) is 8.14. The summed E-state index contributed by atoms with van der Waals surface area (Å²) >= 11 is 6.61. The summed E-state index contributed by atoms with van der Waals surface area (Å²) in [4.78, 5) is 30.1. The molecular weight excluding hydrogens is 482 g/mol. The van der Waals surface area contributed by atoms with Crippen molar-refractivity contribution in [2.45, 2.75) is 25.5 Å². The van der Waals surface area contributed by atoms with Gasteiger partial charge in [0.15, 0.2) is 22.4 Å². The van der Waals surface area contributed by atoms with Crippen molar-refractivity contribution in [1.29, 1.82) is 0 Å². The summed E-state index contributed by atoms with van der Waals surface area (Å²) in [7, 11) is 0. The van der Waals surface area contributed by atoms with E-state index in [0.29, 0.717) is 34.9 Å². The lowest BCUT2D eigenvalue weighted by Crippen LogP contribution is -2.47. The fraction of sp³-hybridized carbons (Fsp3) is 0.360. The molecule has 6 rings (SSSR count). The molecular formula is C25H26ClN7O3. The van der Waals surface area contributed by atoms with Gasteiger partial charge in [0.2, 0.25) is 11.9 Å². The van der Waals surface area contributed by atoms with Gasteiger partial charge in [-0.05, 0) is 55.7 Å². The third-order valence-corrected chi connectivity index (χ3v) is 7.01. The molecule has 0 spiro atoms. The number of ether oxygens (including phenoxy) is 1. The maximum absolute atomic E-state index is 11.4. The van der Waals surface area contributed by atoms with Crippen LogP contribution in [0.2, 0.25) is 5.15 Å². The number of carbonyl (C=O) groups is 1. The van der Waals surface area contributed by atoms with E-state index in [-0.39, 0.29) is 11.4 Å². The van der Waals surface area contributed by atoms with Gasteiger partial charge in [-0.25, -0.2) is 15.0 Å². The first-order valence-corrected chi connectivity index (χ1v) is 12.5. The average Bonchev–Trinajstić information content (AvgIpc) is 3.58. The largest absolute Gasteiger partial charge is 0.461 e. The minimum absolute atomic E-state index is 0.173. The Balaban J connectivity index is 1.33. The third kappa shape index (κ3) is 4.16. The first-order chi connectivity index (χ1) is 17.6. The Hall–Kier alpha value is -3.63. The Labute approximate surface area is 212 Å². The maximum Gasteiger partial charge on any atom is 0.248 e. The number of amides is 1. The third-order valence-electron chi connectivity index (χ3n) is 6.74. The van der Waals surface area contributed by atoms with E-state index in [4.69, 9.17) is 36.5 Å². The van der Waals surface area contributed by atoms with Crippen LogP contribution in [-0.2, 0) is 4.74 Å². The lowest BCUT2D eigenvalue weighted by Gasteiger charge is -2.37. The van der Waals surface area contributed by atoms with Gasteiger partial charge in [0.25, 0.3) is 0 Å². The van der Waals surface area contributed by atoms with Crippen LogP contribution in [0.15, 0.2) is 47.1 Å². The lowest BCUT2D eigenvalue weighted by molar-refractivity contribution is -0.0289. The SMILES string of the molecule is NC(=O)c1ccc(N2CCN(c3nc4c(Cl)nc(-c5ccco5)nc4n3C3CCCCO3)CC2)cc1. The number of primary amides is 1. The Kier molecular flexibility index (Phi) is 5.98.